The fraction of sp³-hybridized carbons (Fsp3) is 0.500. The van der Waals surface area contributed by atoms with Crippen LogP contribution in [0.2, 0.25) is 0 Å². The van der Waals surface area contributed by atoms with Crippen molar-refractivity contribution in [1.29, 1.82) is 0 Å². The van der Waals surface area contributed by atoms with E-state index in [4.69, 9.17) is 4.74 Å². The summed E-state index contributed by atoms with van der Waals surface area (Å²) in [5.74, 6) is 0.398. The molecule has 2 aromatic rings. The van der Waals surface area contributed by atoms with Crippen LogP contribution in [0, 0.1) is 0 Å². The van der Waals surface area contributed by atoms with Gasteiger partial charge in [0.2, 0.25) is 0 Å². The Morgan fingerprint density at radius 3 is 3.05 bits per heavy atom. The fourth-order valence-corrected chi connectivity index (χ4v) is 2.73. The van der Waals surface area contributed by atoms with E-state index < -0.39 is 0 Å². The number of piperidine rings is 1. The Bertz CT molecular complexity index is 637. The van der Waals surface area contributed by atoms with Crippen LogP contribution in [-0.2, 0) is 4.74 Å². The van der Waals surface area contributed by atoms with Crippen LogP contribution in [0.5, 0.6) is 0 Å². The monoisotopic (exact) mass is 274 g/mol. The molecule has 0 aromatic carbocycles. The van der Waals surface area contributed by atoms with E-state index in [-0.39, 0.29) is 12.0 Å². The average molecular weight is 274 g/mol. The SMILES string of the molecule is COC(=O)c1cccn2nc(C3CCCCN3C)nc12. The lowest BCUT2D eigenvalue weighted by Crippen LogP contribution is -2.30. The van der Waals surface area contributed by atoms with Crippen molar-refractivity contribution in [3.63, 3.8) is 0 Å². The predicted octanol–water partition coefficient (Wildman–Crippen LogP) is 1.67. The molecule has 0 N–H and O–H groups in total. The minimum atomic E-state index is -0.383. The van der Waals surface area contributed by atoms with Crippen molar-refractivity contribution in [3.05, 3.63) is 29.7 Å². The lowest BCUT2D eigenvalue weighted by molar-refractivity contribution is 0.0602. The zero-order valence-electron chi connectivity index (χ0n) is 11.7. The maximum absolute atomic E-state index is 11.8. The summed E-state index contributed by atoms with van der Waals surface area (Å²) in [6.45, 7) is 1.06. The van der Waals surface area contributed by atoms with Gasteiger partial charge in [-0.1, -0.05) is 6.42 Å². The molecular formula is C14H18N4O2. The number of carbonyl (C=O) groups is 1. The van der Waals surface area contributed by atoms with Crippen LogP contribution in [0.15, 0.2) is 18.3 Å². The van der Waals surface area contributed by atoms with Crippen molar-refractivity contribution < 1.29 is 9.53 Å². The smallest absolute Gasteiger partial charge is 0.341 e. The minimum Gasteiger partial charge on any atom is -0.465 e. The summed E-state index contributed by atoms with van der Waals surface area (Å²) in [4.78, 5) is 18.6. The van der Waals surface area contributed by atoms with E-state index in [1.165, 1.54) is 20.0 Å². The highest BCUT2D eigenvalue weighted by Crippen LogP contribution is 2.27. The van der Waals surface area contributed by atoms with Gasteiger partial charge in [0.25, 0.3) is 0 Å². The van der Waals surface area contributed by atoms with Crippen LogP contribution in [0.3, 0.4) is 0 Å². The molecule has 6 heteroatoms. The summed E-state index contributed by atoms with van der Waals surface area (Å²) in [7, 11) is 3.47. The number of ether oxygens (including phenoxy) is 1. The molecule has 3 heterocycles. The molecule has 2 aromatic heterocycles. The first kappa shape index (κ1) is 13.1. The van der Waals surface area contributed by atoms with E-state index in [1.807, 2.05) is 0 Å². The number of esters is 1. The van der Waals surface area contributed by atoms with Gasteiger partial charge in [0.1, 0.15) is 5.56 Å². The van der Waals surface area contributed by atoms with Gasteiger partial charge in [0.05, 0.1) is 13.2 Å². The minimum absolute atomic E-state index is 0.231. The maximum atomic E-state index is 11.8. The van der Waals surface area contributed by atoms with Gasteiger partial charge in [-0.3, -0.25) is 4.90 Å². The van der Waals surface area contributed by atoms with Gasteiger partial charge in [-0.25, -0.2) is 14.3 Å². The van der Waals surface area contributed by atoms with Crippen LogP contribution in [0.25, 0.3) is 5.65 Å². The number of hydrogen-bond donors (Lipinski definition) is 0. The molecule has 20 heavy (non-hydrogen) atoms. The van der Waals surface area contributed by atoms with Crippen LogP contribution >= 0.6 is 0 Å². The number of rotatable bonds is 2. The number of carbonyl (C=O) groups excluding carboxylic acids is 1. The molecule has 6 nitrogen and oxygen atoms in total. The Morgan fingerprint density at radius 2 is 2.30 bits per heavy atom. The van der Waals surface area contributed by atoms with Crippen LogP contribution in [0.4, 0.5) is 0 Å². The third-order valence-corrected chi connectivity index (χ3v) is 3.85. The molecule has 3 rings (SSSR count). The first-order chi connectivity index (χ1) is 9.70. The largest absolute Gasteiger partial charge is 0.465 e. The van der Waals surface area contributed by atoms with E-state index in [0.717, 1.165) is 18.8 Å². The fourth-order valence-electron chi connectivity index (χ4n) is 2.73. The normalized spacial score (nSPS) is 20.2. The molecule has 1 saturated heterocycles. The van der Waals surface area contributed by atoms with Crippen LogP contribution in [0.1, 0.15) is 41.5 Å². The van der Waals surface area contributed by atoms with E-state index in [9.17, 15) is 4.79 Å². The highest BCUT2D eigenvalue weighted by Gasteiger charge is 2.25. The number of fused-ring (bicyclic) bond motifs is 1. The third kappa shape index (κ3) is 2.16. The number of nitrogens with zero attached hydrogens (tertiary/aromatic N) is 4. The Kier molecular flexibility index (Phi) is 3.40. The first-order valence-corrected chi connectivity index (χ1v) is 6.84. The van der Waals surface area contributed by atoms with Crippen molar-refractivity contribution in [3.8, 4) is 0 Å². The standard InChI is InChI=1S/C14H18N4O2/c1-17-8-4-3-7-11(17)12-15-13-10(14(19)20-2)6-5-9-18(13)16-12/h5-6,9,11H,3-4,7-8H2,1-2H3. The number of aromatic nitrogens is 3. The topological polar surface area (TPSA) is 59.7 Å². The Labute approximate surface area is 117 Å². The third-order valence-electron chi connectivity index (χ3n) is 3.85. The lowest BCUT2D eigenvalue weighted by atomic mass is 10.0. The molecule has 0 saturated carbocycles. The van der Waals surface area contributed by atoms with Crippen molar-refractivity contribution in [2.75, 3.05) is 20.7 Å². The van der Waals surface area contributed by atoms with Gasteiger partial charge in [0.15, 0.2) is 11.5 Å². The van der Waals surface area contributed by atoms with E-state index >= 15 is 0 Å². The summed E-state index contributed by atoms with van der Waals surface area (Å²) < 4.78 is 6.45. The molecular weight excluding hydrogens is 256 g/mol. The van der Waals surface area contributed by atoms with E-state index in [2.05, 4.69) is 22.0 Å². The second-order valence-corrected chi connectivity index (χ2v) is 5.14. The maximum Gasteiger partial charge on any atom is 0.341 e. The Balaban J connectivity index is 2.04. The van der Waals surface area contributed by atoms with Crippen LogP contribution in [-0.4, -0.2) is 46.2 Å². The summed E-state index contributed by atoms with van der Waals surface area (Å²) >= 11 is 0. The highest BCUT2D eigenvalue weighted by molar-refractivity contribution is 5.95. The molecule has 0 bridgehead atoms. The first-order valence-electron chi connectivity index (χ1n) is 6.84. The summed E-state index contributed by atoms with van der Waals surface area (Å²) in [6.07, 6.45) is 5.27. The Hall–Kier alpha value is -1.95. The summed E-state index contributed by atoms with van der Waals surface area (Å²) in [6, 6.07) is 3.72. The second kappa shape index (κ2) is 5.20. The summed E-state index contributed by atoms with van der Waals surface area (Å²) in [5.41, 5.74) is 1.01. The zero-order valence-corrected chi connectivity index (χ0v) is 11.7. The molecule has 1 aliphatic rings. The molecule has 1 atom stereocenters. The number of hydrogen-bond acceptors (Lipinski definition) is 5. The Morgan fingerprint density at radius 1 is 1.45 bits per heavy atom. The molecule has 1 unspecified atom stereocenters. The van der Waals surface area contributed by atoms with Gasteiger partial charge < -0.3 is 4.74 Å². The van der Waals surface area contributed by atoms with Gasteiger partial charge in [-0.15, -0.1) is 5.10 Å². The van der Waals surface area contributed by atoms with Crippen molar-refractivity contribution in [2.45, 2.75) is 25.3 Å². The molecule has 1 aliphatic heterocycles. The molecule has 0 amide bonds. The average Bonchev–Trinajstić information content (AvgIpc) is 2.90. The molecule has 106 valence electrons. The number of pyridine rings is 1. The number of likely N-dealkylation sites (tertiary alicyclic amines) is 1. The van der Waals surface area contributed by atoms with Crippen molar-refractivity contribution in [1.82, 2.24) is 19.5 Å². The molecule has 0 spiro atoms. The molecule has 0 radical (unpaired) electrons. The van der Waals surface area contributed by atoms with Gasteiger partial charge in [0, 0.05) is 6.20 Å². The van der Waals surface area contributed by atoms with Gasteiger partial charge in [-0.2, -0.15) is 0 Å². The highest BCUT2D eigenvalue weighted by atomic mass is 16.5. The quantitative estimate of drug-likeness (QED) is 0.780. The van der Waals surface area contributed by atoms with Crippen molar-refractivity contribution >= 4 is 11.6 Å². The van der Waals surface area contributed by atoms with E-state index in [0.29, 0.717) is 11.2 Å². The molecule has 1 fully saturated rings. The molecule has 0 aliphatic carbocycles. The predicted molar refractivity (Wildman–Crippen MR) is 73.5 cm³/mol. The second-order valence-electron chi connectivity index (χ2n) is 5.14. The number of methoxy groups -OCH3 is 1. The summed E-state index contributed by atoms with van der Waals surface area (Å²) in [5, 5.41) is 4.52. The lowest BCUT2D eigenvalue weighted by Gasteiger charge is -2.30. The van der Waals surface area contributed by atoms with E-state index in [1.54, 1.807) is 22.8 Å². The van der Waals surface area contributed by atoms with Crippen LogP contribution < -0.4 is 0 Å². The zero-order chi connectivity index (χ0) is 14.1. The van der Waals surface area contributed by atoms with Gasteiger partial charge in [-0.05, 0) is 38.6 Å². The van der Waals surface area contributed by atoms with Crippen molar-refractivity contribution in [2.24, 2.45) is 0 Å². The van der Waals surface area contributed by atoms with Gasteiger partial charge >= 0.3 is 5.97 Å².